The summed E-state index contributed by atoms with van der Waals surface area (Å²) >= 11 is 3.38. The van der Waals surface area contributed by atoms with Crippen LogP contribution in [0.2, 0.25) is 0 Å². The number of amides is 1. The van der Waals surface area contributed by atoms with Crippen molar-refractivity contribution in [1.29, 1.82) is 5.26 Å². The summed E-state index contributed by atoms with van der Waals surface area (Å²) < 4.78 is 0.951. The first kappa shape index (κ1) is 16.6. The van der Waals surface area contributed by atoms with Gasteiger partial charge in [0.1, 0.15) is 17.4 Å². The van der Waals surface area contributed by atoms with Crippen molar-refractivity contribution in [1.82, 2.24) is 0 Å². The van der Waals surface area contributed by atoms with Crippen LogP contribution in [0.4, 0.5) is 11.4 Å². The van der Waals surface area contributed by atoms with Gasteiger partial charge in [0, 0.05) is 28.1 Å². The largest absolute Gasteiger partial charge is 0.508 e. The molecule has 6 heteroatoms. The predicted molar refractivity (Wildman–Crippen MR) is 92.9 cm³/mol. The Morgan fingerprint density at radius 3 is 2.74 bits per heavy atom. The molecule has 2 rings (SSSR count). The van der Waals surface area contributed by atoms with Crippen LogP contribution in [0.25, 0.3) is 0 Å². The molecular formula is C17H14BrN3O2. The fraction of sp³-hybridized carbons (Fsp3) is 0.0588. The summed E-state index contributed by atoms with van der Waals surface area (Å²) in [4.78, 5) is 12.1. The molecule has 0 aliphatic heterocycles. The molecule has 0 aliphatic rings. The van der Waals surface area contributed by atoms with E-state index in [9.17, 15) is 9.90 Å². The van der Waals surface area contributed by atoms with Crippen molar-refractivity contribution in [2.24, 2.45) is 0 Å². The molecule has 0 radical (unpaired) electrons. The Hall–Kier alpha value is -2.78. The summed E-state index contributed by atoms with van der Waals surface area (Å²) in [5, 5.41) is 24.0. The minimum atomic E-state index is -0.555. The van der Waals surface area contributed by atoms with Gasteiger partial charge < -0.3 is 15.7 Å². The van der Waals surface area contributed by atoms with Gasteiger partial charge in [0.15, 0.2) is 0 Å². The highest BCUT2D eigenvalue weighted by atomic mass is 79.9. The molecule has 0 atom stereocenters. The van der Waals surface area contributed by atoms with Crippen LogP contribution in [-0.2, 0) is 4.79 Å². The van der Waals surface area contributed by atoms with Crippen LogP contribution in [0.3, 0.4) is 0 Å². The van der Waals surface area contributed by atoms with Crippen LogP contribution in [0.5, 0.6) is 5.75 Å². The quantitative estimate of drug-likeness (QED) is 0.561. The van der Waals surface area contributed by atoms with Crippen LogP contribution >= 0.6 is 15.9 Å². The molecule has 0 fully saturated rings. The molecule has 0 unspecified atom stereocenters. The van der Waals surface area contributed by atoms with Crippen molar-refractivity contribution < 1.29 is 9.90 Å². The number of carbonyl (C=O) groups excluding carboxylic acids is 1. The molecule has 0 spiro atoms. The van der Waals surface area contributed by atoms with Crippen molar-refractivity contribution >= 4 is 33.2 Å². The number of aryl methyl sites for hydroxylation is 1. The number of phenolic OH excluding ortho intramolecular Hbond substituents is 1. The summed E-state index contributed by atoms with van der Waals surface area (Å²) in [6.45, 7) is 1.92. The van der Waals surface area contributed by atoms with Gasteiger partial charge in [-0.2, -0.15) is 5.26 Å². The number of benzene rings is 2. The number of anilines is 2. The number of rotatable bonds is 4. The van der Waals surface area contributed by atoms with Gasteiger partial charge in [-0.3, -0.25) is 4.79 Å². The van der Waals surface area contributed by atoms with E-state index in [2.05, 4.69) is 26.6 Å². The lowest BCUT2D eigenvalue weighted by atomic mass is 10.2. The zero-order valence-corrected chi connectivity index (χ0v) is 13.9. The molecule has 0 heterocycles. The van der Waals surface area contributed by atoms with Gasteiger partial charge in [-0.1, -0.05) is 22.0 Å². The number of carbonyl (C=O) groups is 1. The second-order valence-electron chi connectivity index (χ2n) is 4.78. The molecular weight excluding hydrogens is 358 g/mol. The second-order valence-corrected chi connectivity index (χ2v) is 5.69. The van der Waals surface area contributed by atoms with Gasteiger partial charge in [-0.05, 0) is 42.8 Å². The Bertz CT molecular complexity index is 810. The third-order valence-corrected chi connectivity index (χ3v) is 3.52. The molecule has 1 amide bonds. The minimum absolute atomic E-state index is 0.0360. The van der Waals surface area contributed by atoms with E-state index < -0.39 is 5.91 Å². The van der Waals surface area contributed by atoms with Crippen LogP contribution in [0.1, 0.15) is 5.56 Å². The van der Waals surface area contributed by atoms with E-state index in [1.54, 1.807) is 12.1 Å². The third-order valence-electron chi connectivity index (χ3n) is 3.03. The zero-order valence-electron chi connectivity index (χ0n) is 12.3. The number of nitrogens with one attached hydrogen (secondary N) is 2. The topological polar surface area (TPSA) is 85.2 Å². The first-order valence-electron chi connectivity index (χ1n) is 6.73. The van der Waals surface area contributed by atoms with Gasteiger partial charge in [-0.15, -0.1) is 0 Å². The molecule has 0 saturated carbocycles. The first-order valence-corrected chi connectivity index (χ1v) is 7.52. The van der Waals surface area contributed by atoms with Crippen molar-refractivity contribution in [3.05, 3.63) is 64.3 Å². The highest BCUT2D eigenvalue weighted by Crippen LogP contribution is 2.20. The van der Waals surface area contributed by atoms with Gasteiger partial charge in [0.25, 0.3) is 5.91 Å². The van der Waals surface area contributed by atoms with E-state index in [0.29, 0.717) is 5.69 Å². The van der Waals surface area contributed by atoms with Crippen molar-refractivity contribution in [3.8, 4) is 11.8 Å². The second kappa shape index (κ2) is 7.47. The van der Waals surface area contributed by atoms with Crippen LogP contribution in [0, 0.1) is 18.3 Å². The lowest BCUT2D eigenvalue weighted by Crippen LogP contribution is -2.14. The lowest BCUT2D eigenvalue weighted by Gasteiger charge is -2.07. The maximum atomic E-state index is 12.1. The number of hydrogen-bond acceptors (Lipinski definition) is 4. The zero-order chi connectivity index (χ0) is 16.8. The Balaban J connectivity index is 2.12. The van der Waals surface area contributed by atoms with Crippen LogP contribution < -0.4 is 10.6 Å². The van der Waals surface area contributed by atoms with E-state index in [4.69, 9.17) is 5.26 Å². The molecule has 0 bridgehead atoms. The van der Waals surface area contributed by atoms with Crippen LogP contribution in [-0.4, -0.2) is 11.0 Å². The molecule has 3 N–H and O–H groups in total. The van der Waals surface area contributed by atoms with Crippen LogP contribution in [0.15, 0.2) is 58.7 Å². The summed E-state index contributed by atoms with van der Waals surface area (Å²) in [5.41, 5.74) is 2.11. The summed E-state index contributed by atoms with van der Waals surface area (Å²) in [6, 6.07) is 13.6. The SMILES string of the molecule is Cc1cc(Br)ccc1N/C=C(/C#N)C(=O)Nc1cccc(O)c1. The summed E-state index contributed by atoms with van der Waals surface area (Å²) in [7, 11) is 0. The predicted octanol–water partition coefficient (Wildman–Crippen LogP) is 3.92. The number of nitriles is 1. The first-order chi connectivity index (χ1) is 11.0. The molecule has 0 aliphatic carbocycles. The van der Waals surface area contributed by atoms with Gasteiger partial charge in [0.2, 0.25) is 0 Å². The molecule has 0 aromatic heterocycles. The van der Waals surface area contributed by atoms with E-state index in [-0.39, 0.29) is 11.3 Å². The van der Waals surface area contributed by atoms with Gasteiger partial charge in [-0.25, -0.2) is 0 Å². The molecule has 0 saturated heterocycles. The van der Waals surface area contributed by atoms with Crippen molar-refractivity contribution in [2.75, 3.05) is 10.6 Å². The standard InChI is InChI=1S/C17H14BrN3O2/c1-11-7-13(18)5-6-16(11)20-10-12(9-19)17(23)21-14-3-2-4-15(22)8-14/h2-8,10,20,22H,1H3,(H,21,23)/b12-10-. The molecule has 2 aromatic carbocycles. The number of aromatic hydroxyl groups is 1. The average molecular weight is 372 g/mol. The number of nitrogens with zero attached hydrogens (tertiary/aromatic N) is 1. The maximum absolute atomic E-state index is 12.1. The Morgan fingerprint density at radius 2 is 2.09 bits per heavy atom. The Morgan fingerprint density at radius 1 is 1.30 bits per heavy atom. The fourth-order valence-electron chi connectivity index (χ4n) is 1.87. The van der Waals surface area contributed by atoms with Crippen molar-refractivity contribution in [2.45, 2.75) is 6.92 Å². The average Bonchev–Trinajstić information content (AvgIpc) is 2.49. The lowest BCUT2D eigenvalue weighted by molar-refractivity contribution is -0.112. The summed E-state index contributed by atoms with van der Waals surface area (Å²) in [5.74, 6) is -0.519. The van der Waals surface area contributed by atoms with E-state index >= 15 is 0 Å². The molecule has 116 valence electrons. The molecule has 2 aromatic rings. The third kappa shape index (κ3) is 4.59. The van der Waals surface area contributed by atoms with Crippen molar-refractivity contribution in [3.63, 3.8) is 0 Å². The van der Waals surface area contributed by atoms with E-state index in [1.165, 1.54) is 18.3 Å². The number of phenols is 1. The fourth-order valence-corrected chi connectivity index (χ4v) is 2.35. The Labute approximate surface area is 142 Å². The molecule has 5 nitrogen and oxygen atoms in total. The highest BCUT2D eigenvalue weighted by Gasteiger charge is 2.10. The Kier molecular flexibility index (Phi) is 5.39. The van der Waals surface area contributed by atoms with E-state index in [1.807, 2.05) is 31.2 Å². The normalized spacial score (nSPS) is 10.7. The summed E-state index contributed by atoms with van der Waals surface area (Å²) in [6.07, 6.45) is 1.36. The highest BCUT2D eigenvalue weighted by molar-refractivity contribution is 9.10. The van der Waals surface area contributed by atoms with E-state index in [0.717, 1.165) is 15.7 Å². The number of hydrogen-bond donors (Lipinski definition) is 3. The van der Waals surface area contributed by atoms with Gasteiger partial charge in [0.05, 0.1) is 0 Å². The number of halogens is 1. The molecule has 23 heavy (non-hydrogen) atoms. The van der Waals surface area contributed by atoms with Gasteiger partial charge >= 0.3 is 0 Å². The minimum Gasteiger partial charge on any atom is -0.508 e. The maximum Gasteiger partial charge on any atom is 0.267 e. The smallest absolute Gasteiger partial charge is 0.267 e. The monoisotopic (exact) mass is 371 g/mol.